The summed E-state index contributed by atoms with van der Waals surface area (Å²) in [5.74, 6) is 0. The number of hydrogen-bond acceptors (Lipinski definition) is 2. The Balaban J connectivity index is 4.13. The Labute approximate surface area is 74.4 Å². The van der Waals surface area contributed by atoms with E-state index in [1.807, 2.05) is 32.3 Å². The Morgan fingerprint density at radius 1 is 1.58 bits per heavy atom. The zero-order valence-electron chi connectivity index (χ0n) is 7.80. The molecule has 0 radical (unpaired) electrons. The van der Waals surface area contributed by atoms with Crippen molar-refractivity contribution in [1.82, 2.24) is 5.32 Å². The van der Waals surface area contributed by atoms with E-state index < -0.39 is 0 Å². The van der Waals surface area contributed by atoms with Crippen LogP contribution in [-0.4, -0.2) is 13.8 Å². The highest BCUT2D eigenvalue weighted by atomic mass is 14.8. The second kappa shape index (κ2) is 6.40. The fourth-order valence-corrected chi connectivity index (χ4v) is 0.717. The summed E-state index contributed by atoms with van der Waals surface area (Å²) in [6.07, 6.45) is 6.59. The van der Waals surface area contributed by atoms with Crippen LogP contribution in [0.1, 0.15) is 13.3 Å². The molecule has 0 unspecified atom stereocenters. The van der Waals surface area contributed by atoms with E-state index in [-0.39, 0.29) is 0 Å². The molecule has 12 heavy (non-hydrogen) atoms. The summed E-state index contributed by atoms with van der Waals surface area (Å²) in [5.41, 5.74) is 2.08. The summed E-state index contributed by atoms with van der Waals surface area (Å²) >= 11 is 0. The molecule has 0 amide bonds. The van der Waals surface area contributed by atoms with Gasteiger partial charge in [-0.3, -0.25) is 4.99 Å². The summed E-state index contributed by atoms with van der Waals surface area (Å²) in [7, 11) is 1.87. The van der Waals surface area contributed by atoms with Crippen LogP contribution < -0.4 is 5.32 Å². The third kappa shape index (κ3) is 4.50. The van der Waals surface area contributed by atoms with Gasteiger partial charge in [0.2, 0.25) is 0 Å². The molecule has 0 rings (SSSR count). The van der Waals surface area contributed by atoms with Gasteiger partial charge in [0, 0.05) is 12.7 Å². The molecule has 0 saturated carbocycles. The quantitative estimate of drug-likeness (QED) is 0.489. The Morgan fingerprint density at radius 3 is 2.67 bits per heavy atom. The van der Waals surface area contributed by atoms with Crippen molar-refractivity contribution in [2.45, 2.75) is 13.3 Å². The first-order chi connectivity index (χ1) is 5.74. The van der Waals surface area contributed by atoms with Crippen molar-refractivity contribution in [2.24, 2.45) is 4.99 Å². The summed E-state index contributed by atoms with van der Waals surface area (Å²) in [5, 5.41) is 2.95. The monoisotopic (exact) mass is 164 g/mol. The maximum absolute atomic E-state index is 3.78. The summed E-state index contributed by atoms with van der Waals surface area (Å²) in [6.45, 7) is 9.05. The minimum atomic E-state index is 0.842. The fraction of sp³-hybridized carbons (Fsp3) is 0.300. The number of hydrogen-bond donors (Lipinski definition) is 1. The van der Waals surface area contributed by atoms with Gasteiger partial charge in [0.25, 0.3) is 0 Å². The third-order valence-corrected chi connectivity index (χ3v) is 1.47. The van der Waals surface area contributed by atoms with E-state index in [1.165, 1.54) is 0 Å². The highest BCUT2D eigenvalue weighted by Crippen LogP contribution is 2.05. The number of rotatable bonds is 5. The van der Waals surface area contributed by atoms with E-state index in [4.69, 9.17) is 0 Å². The standard InChI is InChI=1S/C10H16N2/c1-5-10(8-11-3)7-6-9(2)12-4/h5-6,8,11H,1,4,7H2,2-3H3/b9-6-,10-8+. The predicted molar refractivity (Wildman–Crippen MR) is 55.3 cm³/mol. The van der Waals surface area contributed by atoms with Crippen molar-refractivity contribution in [3.05, 3.63) is 36.2 Å². The predicted octanol–water partition coefficient (Wildman–Crippen LogP) is 2.27. The Hall–Kier alpha value is -1.31. The number of nitrogens with one attached hydrogen (secondary N) is 1. The molecular weight excluding hydrogens is 148 g/mol. The van der Waals surface area contributed by atoms with Crippen molar-refractivity contribution >= 4 is 6.72 Å². The van der Waals surface area contributed by atoms with Crippen LogP contribution in [0.25, 0.3) is 0 Å². The molecule has 0 aromatic heterocycles. The van der Waals surface area contributed by atoms with Crippen LogP contribution in [0.3, 0.4) is 0 Å². The molecule has 2 heteroatoms. The molecule has 0 aliphatic rings. The number of allylic oxidation sites excluding steroid dienone is 4. The minimum Gasteiger partial charge on any atom is -0.394 e. The maximum Gasteiger partial charge on any atom is 0.0328 e. The molecule has 0 saturated heterocycles. The van der Waals surface area contributed by atoms with E-state index in [2.05, 4.69) is 23.6 Å². The topological polar surface area (TPSA) is 24.4 Å². The van der Waals surface area contributed by atoms with Gasteiger partial charge in [0.1, 0.15) is 0 Å². The number of nitrogens with zero attached hydrogens (tertiary/aromatic N) is 1. The van der Waals surface area contributed by atoms with Crippen LogP contribution in [0.2, 0.25) is 0 Å². The maximum atomic E-state index is 3.78. The molecule has 0 heterocycles. The van der Waals surface area contributed by atoms with Gasteiger partial charge in [0.15, 0.2) is 0 Å². The van der Waals surface area contributed by atoms with E-state index in [0.717, 1.165) is 17.7 Å². The van der Waals surface area contributed by atoms with Gasteiger partial charge in [0.05, 0.1) is 0 Å². The van der Waals surface area contributed by atoms with Crippen LogP contribution >= 0.6 is 0 Å². The lowest BCUT2D eigenvalue weighted by Gasteiger charge is -1.97. The zero-order valence-corrected chi connectivity index (χ0v) is 7.80. The lowest BCUT2D eigenvalue weighted by molar-refractivity contribution is 1.06. The molecular formula is C10H16N2. The Morgan fingerprint density at radius 2 is 2.25 bits per heavy atom. The minimum absolute atomic E-state index is 0.842. The Bertz CT molecular complexity index is 212. The van der Waals surface area contributed by atoms with Gasteiger partial charge < -0.3 is 5.32 Å². The van der Waals surface area contributed by atoms with Gasteiger partial charge in [-0.25, -0.2) is 0 Å². The summed E-state index contributed by atoms with van der Waals surface area (Å²) in [4.78, 5) is 3.78. The largest absolute Gasteiger partial charge is 0.394 e. The average Bonchev–Trinajstić information content (AvgIpc) is 2.11. The summed E-state index contributed by atoms with van der Waals surface area (Å²) < 4.78 is 0. The van der Waals surface area contributed by atoms with E-state index in [9.17, 15) is 0 Å². The van der Waals surface area contributed by atoms with Crippen molar-refractivity contribution in [3.8, 4) is 0 Å². The van der Waals surface area contributed by atoms with Crippen molar-refractivity contribution < 1.29 is 0 Å². The second-order valence-electron chi connectivity index (χ2n) is 2.42. The van der Waals surface area contributed by atoms with Crippen molar-refractivity contribution in [3.63, 3.8) is 0 Å². The molecule has 0 spiro atoms. The first-order valence-corrected chi connectivity index (χ1v) is 3.86. The molecule has 0 bridgehead atoms. The third-order valence-electron chi connectivity index (χ3n) is 1.47. The lowest BCUT2D eigenvalue weighted by atomic mass is 10.2. The fourth-order valence-electron chi connectivity index (χ4n) is 0.717. The van der Waals surface area contributed by atoms with Crippen LogP contribution in [0.15, 0.2) is 41.2 Å². The first kappa shape index (κ1) is 10.7. The first-order valence-electron chi connectivity index (χ1n) is 3.86. The van der Waals surface area contributed by atoms with Gasteiger partial charge in [-0.05, 0) is 31.8 Å². The molecule has 0 aromatic rings. The van der Waals surface area contributed by atoms with E-state index in [0.29, 0.717) is 0 Å². The van der Waals surface area contributed by atoms with Crippen LogP contribution in [0.4, 0.5) is 0 Å². The lowest BCUT2D eigenvalue weighted by Crippen LogP contribution is -1.94. The molecule has 2 nitrogen and oxygen atoms in total. The van der Waals surface area contributed by atoms with E-state index >= 15 is 0 Å². The molecule has 0 aliphatic heterocycles. The normalized spacial score (nSPS) is 12.5. The second-order valence-corrected chi connectivity index (χ2v) is 2.42. The van der Waals surface area contributed by atoms with Crippen LogP contribution in [0.5, 0.6) is 0 Å². The van der Waals surface area contributed by atoms with Gasteiger partial charge >= 0.3 is 0 Å². The molecule has 1 N–H and O–H groups in total. The molecule has 66 valence electrons. The smallest absolute Gasteiger partial charge is 0.0328 e. The van der Waals surface area contributed by atoms with Gasteiger partial charge in [-0.1, -0.05) is 18.7 Å². The van der Waals surface area contributed by atoms with Crippen LogP contribution in [0, 0.1) is 0 Å². The van der Waals surface area contributed by atoms with Crippen molar-refractivity contribution in [1.29, 1.82) is 0 Å². The SMILES string of the molecule is C=C/C(=C\NC)C/C=C(/C)N=C. The summed E-state index contributed by atoms with van der Waals surface area (Å²) in [6, 6.07) is 0. The van der Waals surface area contributed by atoms with E-state index in [1.54, 1.807) is 0 Å². The highest BCUT2D eigenvalue weighted by Gasteiger charge is 1.87. The highest BCUT2D eigenvalue weighted by molar-refractivity contribution is 5.29. The average molecular weight is 164 g/mol. The molecule has 0 fully saturated rings. The van der Waals surface area contributed by atoms with Gasteiger partial charge in [-0.15, -0.1) is 0 Å². The van der Waals surface area contributed by atoms with Crippen LogP contribution in [-0.2, 0) is 0 Å². The van der Waals surface area contributed by atoms with Gasteiger partial charge in [-0.2, -0.15) is 0 Å². The zero-order chi connectivity index (χ0) is 9.40. The van der Waals surface area contributed by atoms with Crippen molar-refractivity contribution in [2.75, 3.05) is 7.05 Å². The Kier molecular flexibility index (Phi) is 5.70. The molecule has 0 atom stereocenters. The number of aliphatic imine (C=N–C) groups is 1. The molecule has 0 aromatic carbocycles. The molecule has 0 aliphatic carbocycles.